The highest BCUT2D eigenvalue weighted by molar-refractivity contribution is 5.81. The third-order valence-electron chi connectivity index (χ3n) is 2.75. The van der Waals surface area contributed by atoms with Crippen LogP contribution in [0.2, 0.25) is 0 Å². The summed E-state index contributed by atoms with van der Waals surface area (Å²) < 4.78 is 0. The van der Waals surface area contributed by atoms with Gasteiger partial charge in [0.05, 0.1) is 0 Å². The minimum Gasteiger partial charge on any atom is -0.340 e. The van der Waals surface area contributed by atoms with Crippen molar-refractivity contribution in [1.29, 1.82) is 5.26 Å². The molecule has 0 aromatic heterocycles. The van der Waals surface area contributed by atoms with Crippen LogP contribution in [0.5, 0.6) is 0 Å². The molecule has 0 aromatic carbocycles. The van der Waals surface area contributed by atoms with Gasteiger partial charge in [-0.15, -0.1) is 0 Å². The Morgan fingerprint density at radius 1 is 1.29 bits per heavy atom. The molecule has 1 N–H and O–H groups in total. The lowest BCUT2D eigenvalue weighted by Crippen LogP contribution is -2.53. The van der Waals surface area contributed by atoms with Gasteiger partial charge >= 0.3 is 0 Å². The molecule has 0 saturated carbocycles. The highest BCUT2D eigenvalue weighted by atomic mass is 15.3. The van der Waals surface area contributed by atoms with E-state index in [1.807, 2.05) is 6.19 Å². The van der Waals surface area contributed by atoms with Gasteiger partial charge in [-0.25, -0.2) is 0 Å². The maximum Gasteiger partial charge on any atom is 0.207 e. The number of hydrogen-bond donors (Lipinski definition) is 1. The van der Waals surface area contributed by atoms with Crippen LogP contribution < -0.4 is 5.32 Å². The number of nitrogens with zero attached hydrogens (tertiary/aromatic N) is 4. The van der Waals surface area contributed by atoms with Crippen LogP contribution in [0.1, 0.15) is 20.8 Å². The summed E-state index contributed by atoms with van der Waals surface area (Å²) in [4.78, 5) is 8.69. The molecular weight excluding hydrogens is 214 g/mol. The summed E-state index contributed by atoms with van der Waals surface area (Å²) in [5, 5.41) is 11.3. The molecule has 0 unspecified atom stereocenters. The average Bonchev–Trinajstić information content (AvgIpc) is 2.25. The molecule has 0 aliphatic carbocycles. The van der Waals surface area contributed by atoms with E-state index < -0.39 is 0 Å². The molecule has 0 aromatic rings. The first kappa shape index (κ1) is 13.8. The van der Waals surface area contributed by atoms with Crippen molar-refractivity contribution >= 4 is 5.96 Å². The van der Waals surface area contributed by atoms with Gasteiger partial charge in [-0.2, -0.15) is 5.26 Å². The lowest BCUT2D eigenvalue weighted by Gasteiger charge is -2.38. The van der Waals surface area contributed by atoms with Crippen LogP contribution in [0.15, 0.2) is 4.99 Å². The Hall–Kier alpha value is -1.28. The number of aliphatic imine (C=N–C) groups is 1. The van der Waals surface area contributed by atoms with Gasteiger partial charge in [0.25, 0.3) is 0 Å². The Bertz CT molecular complexity index is 302. The normalized spacial score (nSPS) is 19.0. The number of nitriles is 1. The van der Waals surface area contributed by atoms with Gasteiger partial charge in [0, 0.05) is 39.8 Å². The van der Waals surface area contributed by atoms with Crippen LogP contribution in [-0.2, 0) is 0 Å². The molecule has 0 radical (unpaired) electrons. The quantitative estimate of drug-likeness (QED) is 0.316. The average molecular weight is 237 g/mol. The summed E-state index contributed by atoms with van der Waals surface area (Å²) >= 11 is 0. The largest absolute Gasteiger partial charge is 0.340 e. The van der Waals surface area contributed by atoms with Gasteiger partial charge in [-0.1, -0.05) is 20.8 Å². The summed E-state index contributed by atoms with van der Waals surface area (Å²) in [7, 11) is 1.71. The van der Waals surface area contributed by atoms with Crippen molar-refractivity contribution < 1.29 is 0 Å². The molecular formula is C12H23N5. The van der Waals surface area contributed by atoms with E-state index in [0.717, 1.165) is 32.7 Å². The van der Waals surface area contributed by atoms with Gasteiger partial charge in [0.2, 0.25) is 5.96 Å². The minimum atomic E-state index is 0.342. The van der Waals surface area contributed by atoms with Crippen LogP contribution in [0, 0.1) is 16.9 Å². The van der Waals surface area contributed by atoms with Crippen molar-refractivity contribution in [1.82, 2.24) is 15.1 Å². The molecule has 1 fully saturated rings. The smallest absolute Gasteiger partial charge is 0.207 e. The molecule has 1 rings (SSSR count). The fourth-order valence-electron chi connectivity index (χ4n) is 2.11. The number of piperazine rings is 1. The third kappa shape index (κ3) is 4.61. The summed E-state index contributed by atoms with van der Waals surface area (Å²) in [5.74, 6) is 0.683. The van der Waals surface area contributed by atoms with E-state index >= 15 is 0 Å². The van der Waals surface area contributed by atoms with E-state index in [-0.39, 0.29) is 0 Å². The van der Waals surface area contributed by atoms with Crippen molar-refractivity contribution in [2.24, 2.45) is 10.4 Å². The summed E-state index contributed by atoms with van der Waals surface area (Å²) in [5.41, 5.74) is 0.342. The van der Waals surface area contributed by atoms with E-state index in [9.17, 15) is 0 Å². The van der Waals surface area contributed by atoms with Crippen LogP contribution in [0.4, 0.5) is 0 Å². The van der Waals surface area contributed by atoms with E-state index in [0.29, 0.717) is 11.4 Å². The van der Waals surface area contributed by atoms with E-state index in [2.05, 4.69) is 40.9 Å². The first-order valence-corrected chi connectivity index (χ1v) is 6.05. The van der Waals surface area contributed by atoms with Crippen molar-refractivity contribution in [2.45, 2.75) is 20.8 Å². The van der Waals surface area contributed by atoms with Crippen molar-refractivity contribution in [2.75, 3.05) is 39.8 Å². The number of hydrogen-bond acceptors (Lipinski definition) is 3. The highest BCUT2D eigenvalue weighted by Gasteiger charge is 2.22. The molecule has 0 atom stereocenters. The Kier molecular flexibility index (Phi) is 4.76. The van der Waals surface area contributed by atoms with Gasteiger partial charge in [-0.3, -0.25) is 15.2 Å². The van der Waals surface area contributed by atoms with Gasteiger partial charge in [0.1, 0.15) is 0 Å². The first-order chi connectivity index (χ1) is 7.96. The topological polar surface area (TPSA) is 54.7 Å². The summed E-state index contributed by atoms with van der Waals surface area (Å²) in [6.07, 6.45) is 1.93. The molecule has 17 heavy (non-hydrogen) atoms. The minimum absolute atomic E-state index is 0.342. The zero-order valence-electron chi connectivity index (χ0n) is 11.3. The Labute approximate surface area is 104 Å². The molecule has 1 aliphatic rings. The molecule has 0 spiro atoms. The Morgan fingerprint density at radius 3 is 2.29 bits per heavy atom. The number of rotatable bonds is 1. The SMILES string of the molecule is CN=C(NC#N)N1CCN(CC(C)(C)C)CC1. The molecule has 1 heterocycles. The molecule has 1 saturated heterocycles. The van der Waals surface area contributed by atoms with Crippen LogP contribution in [0.25, 0.3) is 0 Å². The molecule has 5 nitrogen and oxygen atoms in total. The van der Waals surface area contributed by atoms with Crippen LogP contribution >= 0.6 is 0 Å². The lowest BCUT2D eigenvalue weighted by atomic mass is 9.96. The predicted molar refractivity (Wildman–Crippen MR) is 69.6 cm³/mol. The maximum atomic E-state index is 8.62. The van der Waals surface area contributed by atoms with E-state index in [4.69, 9.17) is 5.26 Å². The third-order valence-corrected chi connectivity index (χ3v) is 2.75. The highest BCUT2D eigenvalue weighted by Crippen LogP contribution is 2.16. The summed E-state index contributed by atoms with van der Waals surface area (Å²) in [6.45, 7) is 11.8. The predicted octanol–water partition coefficient (Wildman–Crippen LogP) is 0.707. The van der Waals surface area contributed by atoms with Gasteiger partial charge < -0.3 is 4.90 Å². The molecule has 0 bridgehead atoms. The van der Waals surface area contributed by atoms with Crippen molar-refractivity contribution in [3.05, 3.63) is 0 Å². The zero-order valence-corrected chi connectivity index (χ0v) is 11.3. The summed E-state index contributed by atoms with van der Waals surface area (Å²) in [6, 6.07) is 0. The van der Waals surface area contributed by atoms with E-state index in [1.165, 1.54) is 0 Å². The number of guanidine groups is 1. The molecule has 96 valence electrons. The second-order valence-electron chi connectivity index (χ2n) is 5.61. The van der Waals surface area contributed by atoms with Gasteiger partial charge in [-0.05, 0) is 5.41 Å². The van der Waals surface area contributed by atoms with Crippen molar-refractivity contribution in [3.8, 4) is 6.19 Å². The van der Waals surface area contributed by atoms with Crippen LogP contribution in [0.3, 0.4) is 0 Å². The monoisotopic (exact) mass is 237 g/mol. The fraction of sp³-hybridized carbons (Fsp3) is 0.833. The second-order valence-corrected chi connectivity index (χ2v) is 5.61. The van der Waals surface area contributed by atoms with Crippen LogP contribution in [-0.4, -0.2) is 55.5 Å². The fourth-order valence-corrected chi connectivity index (χ4v) is 2.11. The second kappa shape index (κ2) is 5.87. The maximum absolute atomic E-state index is 8.62. The Balaban J connectivity index is 2.43. The zero-order chi connectivity index (χ0) is 12.9. The van der Waals surface area contributed by atoms with E-state index in [1.54, 1.807) is 7.05 Å². The lowest BCUT2D eigenvalue weighted by molar-refractivity contribution is 0.135. The first-order valence-electron chi connectivity index (χ1n) is 6.05. The van der Waals surface area contributed by atoms with Crippen molar-refractivity contribution in [3.63, 3.8) is 0 Å². The molecule has 5 heteroatoms. The van der Waals surface area contributed by atoms with Gasteiger partial charge in [0.15, 0.2) is 6.19 Å². The number of nitrogens with one attached hydrogen (secondary N) is 1. The molecule has 0 amide bonds. The standard InChI is InChI=1S/C12H23N5/c1-12(2,3)9-16-5-7-17(8-6-16)11(14-4)15-10-13/h5-9H2,1-4H3,(H,14,15). The Morgan fingerprint density at radius 2 is 1.88 bits per heavy atom. The molecule has 1 aliphatic heterocycles.